The second-order valence-corrected chi connectivity index (χ2v) is 13.9. The van der Waals surface area contributed by atoms with Gasteiger partial charge in [0.1, 0.15) is 0 Å². The van der Waals surface area contributed by atoms with Crippen molar-refractivity contribution in [2.45, 2.75) is 105 Å². The number of rotatable bonds is 11. The van der Waals surface area contributed by atoms with E-state index in [1.165, 1.54) is 92.6 Å². The number of ether oxygens (including phenoxy) is 2. The quantitative estimate of drug-likeness (QED) is 0.259. The predicted molar refractivity (Wildman–Crippen MR) is 186 cm³/mol. The van der Waals surface area contributed by atoms with Crippen molar-refractivity contribution in [3.63, 3.8) is 0 Å². The first-order chi connectivity index (χ1) is 23.2. The molecule has 0 saturated carbocycles. The van der Waals surface area contributed by atoms with Crippen molar-refractivity contribution in [1.29, 1.82) is 0 Å². The topological polar surface area (TPSA) is 68.5 Å². The first-order valence-corrected chi connectivity index (χ1v) is 17.7. The number of methoxy groups -OCH3 is 2. The lowest BCUT2D eigenvalue weighted by Gasteiger charge is -2.38. The monoisotopic (exact) mass is 646 g/mol. The maximum atomic E-state index is 12.6. The van der Waals surface area contributed by atoms with Crippen LogP contribution in [-0.2, 0) is 44.2 Å². The van der Waals surface area contributed by atoms with Crippen LogP contribution >= 0.6 is 0 Å². The third kappa shape index (κ3) is 3.61. The van der Waals surface area contributed by atoms with E-state index in [9.17, 15) is 9.59 Å². The molecule has 6 aliphatic heterocycles. The van der Waals surface area contributed by atoms with E-state index in [0.717, 1.165) is 43.2 Å². The SMILES string of the molecule is CCCC1=C(C)C2=[N+]3C1=Cc1c(CC)c(CCC)c4n1C31n3c(c(C)c(CCC(=O)OC)c3=CC3=[N+]1C(=C2)C(C)=C3CCC(=O)OC)=C4. The van der Waals surface area contributed by atoms with Gasteiger partial charge in [-0.3, -0.25) is 9.59 Å². The summed E-state index contributed by atoms with van der Waals surface area (Å²) in [6.45, 7) is 13.6. The number of allylic oxidation sites excluding steroid dienone is 5. The summed E-state index contributed by atoms with van der Waals surface area (Å²) >= 11 is 0. The normalized spacial score (nSPS) is 20.5. The highest BCUT2D eigenvalue weighted by atomic mass is 16.5. The van der Waals surface area contributed by atoms with E-state index in [1.54, 1.807) is 0 Å². The van der Waals surface area contributed by atoms with Crippen LogP contribution in [0.25, 0.3) is 18.2 Å². The Morgan fingerprint density at radius 1 is 0.667 bits per heavy atom. The van der Waals surface area contributed by atoms with Crippen LogP contribution in [0.1, 0.15) is 107 Å². The smallest absolute Gasteiger partial charge is 0.469 e. The zero-order valence-corrected chi connectivity index (χ0v) is 29.6. The Balaban J connectivity index is 1.56. The van der Waals surface area contributed by atoms with Crippen LogP contribution in [0.15, 0.2) is 39.8 Å². The molecule has 48 heavy (non-hydrogen) atoms. The van der Waals surface area contributed by atoms with Crippen LogP contribution in [0, 0.1) is 6.92 Å². The molecule has 0 aromatic carbocycles. The lowest BCUT2D eigenvalue weighted by molar-refractivity contribution is -0.837. The van der Waals surface area contributed by atoms with Crippen molar-refractivity contribution in [2.24, 2.45) is 0 Å². The standard InChI is InChI=1S/C40H46N4O4/c1-9-12-26-22(4)30-18-31-23(5)27(14-16-38(45)47-7)35-21-36-28(15-17-39(46)48-8)24(6)32-19-37-29(13-10-2)25(11-3)33-20-34(26)41(30)40(42(31)35,43(32)36)44(33)37/h18-21H,9-17H2,1-8H3/q+2. The van der Waals surface area contributed by atoms with Gasteiger partial charge in [0.05, 0.1) is 42.4 Å². The molecule has 0 radical (unpaired) electrons. The third-order valence-electron chi connectivity index (χ3n) is 11.6. The molecule has 1 spiro atoms. The fourth-order valence-corrected chi connectivity index (χ4v) is 9.51. The van der Waals surface area contributed by atoms with Gasteiger partial charge in [0.25, 0.3) is 0 Å². The summed E-state index contributed by atoms with van der Waals surface area (Å²) in [7, 11) is 2.93. The molecule has 0 N–H and O–H groups in total. The van der Waals surface area contributed by atoms with Gasteiger partial charge in [0.2, 0.25) is 22.8 Å². The number of aromatic nitrogens is 2. The molecule has 2 aromatic rings. The molecule has 248 valence electrons. The zero-order valence-electron chi connectivity index (χ0n) is 29.6. The summed E-state index contributed by atoms with van der Waals surface area (Å²) in [5.74, 6) is -1.18. The minimum Gasteiger partial charge on any atom is -0.469 e. The largest absolute Gasteiger partial charge is 0.553 e. The van der Waals surface area contributed by atoms with E-state index in [2.05, 4.69) is 84.1 Å². The molecule has 0 bridgehead atoms. The maximum absolute atomic E-state index is 12.6. The number of hydrogen-bond acceptors (Lipinski definition) is 4. The number of carbonyl (C=O) groups excluding carboxylic acids is 2. The van der Waals surface area contributed by atoms with Crippen molar-refractivity contribution >= 4 is 41.6 Å². The number of esters is 2. The van der Waals surface area contributed by atoms with Crippen molar-refractivity contribution in [2.75, 3.05) is 14.2 Å². The van der Waals surface area contributed by atoms with Gasteiger partial charge in [-0.15, -0.1) is 0 Å². The molecule has 8 nitrogen and oxygen atoms in total. The van der Waals surface area contributed by atoms with Crippen LogP contribution in [0.2, 0.25) is 0 Å². The molecule has 0 saturated heterocycles. The second kappa shape index (κ2) is 10.8. The van der Waals surface area contributed by atoms with E-state index >= 15 is 0 Å². The summed E-state index contributed by atoms with van der Waals surface area (Å²) in [5, 5.41) is 2.32. The summed E-state index contributed by atoms with van der Waals surface area (Å²) in [6, 6.07) is 0. The van der Waals surface area contributed by atoms with Crippen molar-refractivity contribution in [1.82, 2.24) is 9.13 Å². The summed E-state index contributed by atoms with van der Waals surface area (Å²) in [6.07, 6.45) is 16.5. The Morgan fingerprint density at radius 2 is 1.33 bits per heavy atom. The summed E-state index contributed by atoms with van der Waals surface area (Å²) < 4.78 is 20.6. The molecular formula is C40H46N4O4+2. The average molecular weight is 647 g/mol. The predicted octanol–water partition coefficient (Wildman–Crippen LogP) is 4.84. The Labute approximate surface area is 282 Å². The van der Waals surface area contributed by atoms with E-state index < -0.39 is 5.91 Å². The molecule has 0 fully saturated rings. The van der Waals surface area contributed by atoms with Crippen LogP contribution < -0.4 is 10.7 Å². The van der Waals surface area contributed by atoms with Gasteiger partial charge in [-0.1, -0.05) is 42.8 Å². The van der Waals surface area contributed by atoms with Crippen molar-refractivity contribution in [3.8, 4) is 0 Å². The average Bonchev–Trinajstić information content (AvgIpc) is 3.73. The van der Waals surface area contributed by atoms with Gasteiger partial charge >= 0.3 is 17.8 Å². The van der Waals surface area contributed by atoms with Crippen LogP contribution in [0.4, 0.5) is 0 Å². The van der Waals surface area contributed by atoms with Crippen LogP contribution in [0.5, 0.6) is 0 Å². The van der Waals surface area contributed by atoms with Gasteiger partial charge in [-0.2, -0.15) is 9.13 Å². The van der Waals surface area contributed by atoms with Gasteiger partial charge in [0, 0.05) is 47.3 Å². The fraction of sp³-hybridized carbons (Fsp3) is 0.450. The van der Waals surface area contributed by atoms with Crippen molar-refractivity contribution < 1.29 is 28.2 Å². The van der Waals surface area contributed by atoms with E-state index in [1.807, 2.05) is 0 Å². The molecule has 8 rings (SSSR count). The Bertz CT molecular complexity index is 2220. The Kier molecular flexibility index (Phi) is 6.92. The zero-order chi connectivity index (χ0) is 33.8. The highest BCUT2D eigenvalue weighted by molar-refractivity contribution is 6.21. The fourth-order valence-electron chi connectivity index (χ4n) is 9.51. The number of nitrogens with zero attached hydrogens (tertiary/aromatic N) is 4. The first-order valence-electron chi connectivity index (χ1n) is 17.7. The highest BCUT2D eigenvalue weighted by Gasteiger charge is 2.73. The maximum Gasteiger partial charge on any atom is 0.553 e. The van der Waals surface area contributed by atoms with E-state index in [-0.39, 0.29) is 11.9 Å². The van der Waals surface area contributed by atoms with E-state index in [0.29, 0.717) is 25.7 Å². The molecule has 1 unspecified atom stereocenters. The summed E-state index contributed by atoms with van der Waals surface area (Å²) in [4.78, 5) is 25.1. The highest BCUT2D eigenvalue weighted by Crippen LogP contribution is 2.51. The van der Waals surface area contributed by atoms with Crippen LogP contribution in [0.3, 0.4) is 0 Å². The van der Waals surface area contributed by atoms with Gasteiger partial charge in [-0.05, 0) is 81.2 Å². The molecule has 6 aliphatic rings. The lowest BCUT2D eigenvalue weighted by atomic mass is 9.97. The Morgan fingerprint density at radius 3 is 2.00 bits per heavy atom. The second-order valence-electron chi connectivity index (χ2n) is 13.9. The Hall–Kier alpha value is -4.46. The van der Waals surface area contributed by atoms with E-state index in [4.69, 9.17) is 9.47 Å². The molecule has 0 amide bonds. The number of carbonyl (C=O) groups is 2. The first kappa shape index (κ1) is 30.8. The molecule has 8 heteroatoms. The number of hydrogen-bond donors (Lipinski definition) is 0. The van der Waals surface area contributed by atoms with Gasteiger partial charge in [0.15, 0.2) is 0 Å². The molecule has 8 heterocycles. The molecule has 1 atom stereocenters. The lowest BCUT2D eigenvalue weighted by Crippen LogP contribution is -2.70. The third-order valence-corrected chi connectivity index (χ3v) is 11.6. The van der Waals surface area contributed by atoms with Gasteiger partial charge in [-0.25, -0.2) is 0 Å². The minimum atomic E-state index is -0.771. The van der Waals surface area contributed by atoms with Gasteiger partial charge < -0.3 is 9.47 Å². The molecule has 2 aromatic heterocycles. The van der Waals surface area contributed by atoms with Crippen molar-refractivity contribution in [3.05, 3.63) is 84.1 Å². The minimum absolute atomic E-state index is 0.204. The summed E-state index contributed by atoms with van der Waals surface area (Å²) in [5.41, 5.74) is 17.8. The van der Waals surface area contributed by atoms with Crippen LogP contribution in [-0.4, -0.2) is 55.9 Å². The molecule has 0 aliphatic carbocycles. The molecular weight excluding hydrogens is 600 g/mol.